The Labute approximate surface area is 238 Å². The summed E-state index contributed by atoms with van der Waals surface area (Å²) in [6.07, 6.45) is 0. The molecule has 2 heterocycles. The predicted octanol–water partition coefficient (Wildman–Crippen LogP) is 3.59. The number of nitrogens with zero attached hydrogens (tertiary/aromatic N) is 2. The molecular weight excluding hydrogens is 540 g/mol. The lowest BCUT2D eigenvalue weighted by molar-refractivity contribution is -0.641. The van der Waals surface area contributed by atoms with Crippen LogP contribution in [0.4, 0.5) is 22.7 Å². The number of anilines is 4. The molecule has 0 aliphatic rings. The van der Waals surface area contributed by atoms with Crippen LogP contribution in [-0.2, 0) is 23.5 Å². The third-order valence-electron chi connectivity index (χ3n) is 6.64. The van der Waals surface area contributed by atoms with Crippen molar-refractivity contribution in [3.8, 4) is 0 Å². The van der Waals surface area contributed by atoms with E-state index >= 15 is 0 Å². The molecule has 0 aliphatic heterocycles. The molecule has 0 amide bonds. The van der Waals surface area contributed by atoms with Crippen LogP contribution in [0.25, 0.3) is 43.6 Å². The van der Waals surface area contributed by atoms with Gasteiger partial charge in [-0.25, -0.2) is 0 Å². The lowest BCUT2D eigenvalue weighted by atomic mass is 10.1. The molecule has 8 N–H and O–H groups in total. The van der Waals surface area contributed by atoms with E-state index in [1.807, 2.05) is 48.5 Å². The van der Waals surface area contributed by atoms with Crippen molar-refractivity contribution >= 4 is 76.8 Å². The minimum absolute atomic E-state index is 0.785. The number of nitrogen functional groups attached to an aromatic ring is 4. The van der Waals surface area contributed by atoms with Crippen molar-refractivity contribution in [2.45, 2.75) is 26.9 Å². The van der Waals surface area contributed by atoms with Crippen molar-refractivity contribution in [3.05, 3.63) is 84.9 Å². The highest BCUT2D eigenvalue weighted by Gasteiger charge is 2.15. The lowest BCUT2D eigenvalue weighted by Gasteiger charge is -2.06. The molecule has 2 aromatic heterocycles. The summed E-state index contributed by atoms with van der Waals surface area (Å²) in [6.45, 7) is 6.04. The second-order valence-corrected chi connectivity index (χ2v) is 10.3. The normalized spacial score (nSPS) is 11.2. The van der Waals surface area contributed by atoms with Crippen LogP contribution in [0.3, 0.4) is 0 Å². The van der Waals surface area contributed by atoms with Crippen LogP contribution in [0.5, 0.6) is 0 Å². The van der Waals surface area contributed by atoms with Crippen molar-refractivity contribution in [2.24, 2.45) is 0 Å². The zero-order chi connectivity index (χ0) is 29.9. The first-order valence-corrected chi connectivity index (χ1v) is 14.2. The number of rotatable bonds is 2. The van der Waals surface area contributed by atoms with Gasteiger partial charge < -0.3 is 32.0 Å². The minimum atomic E-state index is -5.17. The summed E-state index contributed by atoms with van der Waals surface area (Å²) in [7, 11) is -5.17. The third-order valence-corrected chi connectivity index (χ3v) is 6.64. The number of aryl methyl sites for hydroxylation is 2. The fourth-order valence-corrected chi connectivity index (χ4v) is 4.94. The number of hydrogen-bond acceptors (Lipinski definition) is 8. The molecule has 0 atom stereocenters. The van der Waals surface area contributed by atoms with Gasteiger partial charge in [0.1, 0.15) is 13.1 Å². The number of hydrogen-bond donors (Lipinski definition) is 4. The molecule has 6 rings (SSSR count). The van der Waals surface area contributed by atoms with Crippen LogP contribution in [0.15, 0.2) is 84.9 Å². The van der Waals surface area contributed by atoms with Crippen LogP contribution in [0, 0.1) is 0 Å². The summed E-state index contributed by atoms with van der Waals surface area (Å²) < 4.78 is 38.6. The highest BCUT2D eigenvalue weighted by atomic mass is 32.3. The highest BCUT2D eigenvalue weighted by Crippen LogP contribution is 2.23. The fourth-order valence-electron chi connectivity index (χ4n) is 4.94. The maximum atomic E-state index is 8.52. The maximum absolute atomic E-state index is 8.52. The van der Waals surface area contributed by atoms with Crippen molar-refractivity contribution < 1.29 is 26.7 Å². The van der Waals surface area contributed by atoms with Crippen LogP contribution in [0.1, 0.15) is 13.8 Å². The summed E-state index contributed by atoms with van der Waals surface area (Å²) in [5.74, 6) is 0. The molecular formula is C30H32N6O4S. The monoisotopic (exact) mass is 572 g/mol. The summed E-state index contributed by atoms with van der Waals surface area (Å²) in [5.41, 5.74) is 31.3. The number of aromatic nitrogens is 2. The lowest BCUT2D eigenvalue weighted by Crippen LogP contribution is -2.34. The Morgan fingerprint density at radius 3 is 0.927 bits per heavy atom. The quantitative estimate of drug-likeness (QED) is 0.0795. The van der Waals surface area contributed by atoms with Gasteiger partial charge in [0.05, 0.1) is 0 Å². The second-order valence-electron chi connectivity index (χ2n) is 9.46. The first kappa shape index (κ1) is 29.3. The van der Waals surface area contributed by atoms with Gasteiger partial charge in [-0.3, -0.25) is 8.42 Å². The molecule has 0 saturated carbocycles. The molecule has 0 radical (unpaired) electrons. The molecule has 0 aliphatic carbocycles. The first-order valence-electron chi connectivity index (χ1n) is 12.9. The van der Waals surface area contributed by atoms with E-state index in [-0.39, 0.29) is 0 Å². The topological polar surface area (TPSA) is 192 Å². The van der Waals surface area contributed by atoms with E-state index in [1.54, 1.807) is 0 Å². The average molecular weight is 573 g/mol. The summed E-state index contributed by atoms with van der Waals surface area (Å²) in [5, 5.41) is 4.79. The van der Waals surface area contributed by atoms with Gasteiger partial charge in [0.2, 0.25) is 22.1 Å². The molecule has 0 spiro atoms. The maximum Gasteiger partial charge on any atom is 0.215 e. The second kappa shape index (κ2) is 11.8. The van der Waals surface area contributed by atoms with Crippen LogP contribution in [0.2, 0.25) is 0 Å². The Morgan fingerprint density at radius 1 is 0.512 bits per heavy atom. The summed E-state index contributed by atoms with van der Waals surface area (Å²) in [6, 6.07) is 28.4. The van der Waals surface area contributed by atoms with Gasteiger partial charge in [0.25, 0.3) is 0 Å². The van der Waals surface area contributed by atoms with Gasteiger partial charge in [-0.2, -0.15) is 9.13 Å². The van der Waals surface area contributed by atoms with E-state index in [0.29, 0.717) is 0 Å². The van der Waals surface area contributed by atoms with Gasteiger partial charge in [-0.15, -0.1) is 0 Å². The number of fused-ring (bicyclic) bond motifs is 4. The van der Waals surface area contributed by atoms with Gasteiger partial charge in [0, 0.05) is 79.0 Å². The Balaban J connectivity index is 0.000000163. The van der Waals surface area contributed by atoms with Gasteiger partial charge in [0.15, 0.2) is 0 Å². The summed E-state index contributed by atoms with van der Waals surface area (Å²) >= 11 is 0. The van der Waals surface area contributed by atoms with Gasteiger partial charge in [-0.05, 0) is 74.5 Å². The van der Waals surface area contributed by atoms with E-state index in [9.17, 15) is 0 Å². The first-order chi connectivity index (χ1) is 19.4. The Morgan fingerprint density at radius 2 is 0.732 bits per heavy atom. The molecule has 10 nitrogen and oxygen atoms in total. The number of nitrogens with two attached hydrogens (primary N) is 4. The molecule has 4 aromatic carbocycles. The fraction of sp³-hybridized carbons (Fsp3) is 0.133. The molecule has 212 valence electrons. The Hall–Kier alpha value is -4.71. The van der Waals surface area contributed by atoms with E-state index in [1.165, 1.54) is 21.5 Å². The molecule has 0 unspecified atom stereocenters. The molecule has 41 heavy (non-hydrogen) atoms. The van der Waals surface area contributed by atoms with Crippen molar-refractivity contribution in [1.82, 2.24) is 0 Å². The minimum Gasteiger partial charge on any atom is -0.759 e. The Kier molecular flexibility index (Phi) is 8.43. The van der Waals surface area contributed by atoms with Crippen molar-refractivity contribution in [1.29, 1.82) is 0 Å². The van der Waals surface area contributed by atoms with E-state index in [2.05, 4.69) is 59.4 Å². The molecule has 0 fully saturated rings. The molecule has 0 bridgehead atoms. The SMILES string of the molecule is CC[n+]1c2cc(N)ccc2cc2ccc(N)cc21.CC[n+]1c2cc(N)ccc2cc2ccc(N)cc21.O=S(=O)([O-])[O-]. The standard InChI is InChI=1S/2C15H15N3.H2O4S/c2*1-2-18-14-8-12(16)5-3-10(14)7-11-4-6-13(17)9-15(11)18;1-5(2,3)4/h2*3-9H,2H2,1H3,(H3,16,17);(H2,1,2,3,4). The summed E-state index contributed by atoms with van der Waals surface area (Å²) in [4.78, 5) is 0. The average Bonchev–Trinajstić information content (AvgIpc) is 2.90. The zero-order valence-corrected chi connectivity index (χ0v) is 23.6. The highest BCUT2D eigenvalue weighted by molar-refractivity contribution is 7.79. The van der Waals surface area contributed by atoms with E-state index < -0.39 is 10.4 Å². The van der Waals surface area contributed by atoms with E-state index in [0.717, 1.165) is 57.9 Å². The van der Waals surface area contributed by atoms with Gasteiger partial charge >= 0.3 is 0 Å². The van der Waals surface area contributed by atoms with Crippen LogP contribution < -0.4 is 32.1 Å². The van der Waals surface area contributed by atoms with Crippen LogP contribution >= 0.6 is 0 Å². The number of benzene rings is 4. The predicted molar refractivity (Wildman–Crippen MR) is 163 cm³/mol. The molecule has 0 saturated heterocycles. The number of pyridine rings is 2. The largest absolute Gasteiger partial charge is 0.759 e. The van der Waals surface area contributed by atoms with Gasteiger partial charge in [-0.1, -0.05) is 0 Å². The third kappa shape index (κ3) is 6.90. The Bertz CT molecular complexity index is 1750. The van der Waals surface area contributed by atoms with Crippen LogP contribution in [-0.4, -0.2) is 17.5 Å². The zero-order valence-electron chi connectivity index (χ0n) is 22.7. The molecule has 11 heteroatoms. The van der Waals surface area contributed by atoms with E-state index in [4.69, 9.17) is 40.5 Å². The molecule has 6 aromatic rings. The van der Waals surface area contributed by atoms with Crippen molar-refractivity contribution in [2.75, 3.05) is 22.9 Å². The van der Waals surface area contributed by atoms with Crippen molar-refractivity contribution in [3.63, 3.8) is 0 Å². The smallest absolute Gasteiger partial charge is 0.215 e.